The Labute approximate surface area is 198 Å². The van der Waals surface area contributed by atoms with Crippen LogP contribution in [0.4, 0.5) is 0 Å². The first-order valence-corrected chi connectivity index (χ1v) is 11.4. The van der Waals surface area contributed by atoms with E-state index in [1.54, 1.807) is 0 Å². The van der Waals surface area contributed by atoms with Crippen LogP contribution in [0.15, 0.2) is 34.4 Å². The van der Waals surface area contributed by atoms with Crippen molar-refractivity contribution < 1.29 is 51.0 Å². The molecule has 0 amide bonds. The van der Waals surface area contributed by atoms with Gasteiger partial charge in [0, 0.05) is 9.52 Å². The van der Waals surface area contributed by atoms with Crippen LogP contribution in [0.25, 0.3) is 0 Å². The van der Waals surface area contributed by atoms with Gasteiger partial charge in [-0.2, -0.15) is 12.2 Å². The summed E-state index contributed by atoms with van der Waals surface area (Å²) < 4.78 is 0. The van der Waals surface area contributed by atoms with Gasteiger partial charge in [-0.15, -0.1) is 26.7 Å². The minimum absolute atomic E-state index is 0. The smallest absolute Gasteiger partial charge is 1.00 e. The molecule has 2 aliphatic carbocycles. The quantitative estimate of drug-likeness (QED) is 0.402. The van der Waals surface area contributed by atoms with Crippen LogP contribution in [-0.4, -0.2) is 9.52 Å². The molecule has 26 heavy (non-hydrogen) atoms. The first kappa shape index (κ1) is 34.2. The molecule has 2 rings (SSSR count). The van der Waals surface area contributed by atoms with Crippen LogP contribution in [-0.2, 0) is 26.2 Å². The van der Waals surface area contributed by atoms with E-state index in [4.69, 9.17) is 0 Å². The van der Waals surface area contributed by atoms with Gasteiger partial charge >= 0.3 is 26.2 Å². The minimum atomic E-state index is 0. The zero-order valence-electron chi connectivity index (χ0n) is 18.0. The van der Waals surface area contributed by atoms with Crippen molar-refractivity contribution >= 4 is 9.52 Å². The molecule has 0 unspecified atom stereocenters. The van der Waals surface area contributed by atoms with Crippen molar-refractivity contribution in [1.29, 1.82) is 0 Å². The summed E-state index contributed by atoms with van der Waals surface area (Å²) in [5, 5.41) is 0. The van der Waals surface area contributed by atoms with Gasteiger partial charge in [0.1, 0.15) is 0 Å². The standard InChI is InChI=1S/2C10H15.C2H7Si.2ClH.Zr/c2*1-8(2)7-10-6-4-5-9(10)3;1-3-2;;;/h2*5,8H,4,7H2,1-3H3;3H,1-2H3;2*1H;/q2*-1;;;;+4/p-2. The van der Waals surface area contributed by atoms with Gasteiger partial charge in [-0.05, 0) is 11.8 Å². The van der Waals surface area contributed by atoms with Crippen LogP contribution in [0.2, 0.25) is 13.1 Å². The van der Waals surface area contributed by atoms with Gasteiger partial charge in [0.05, 0.1) is 0 Å². The Bertz CT molecular complexity index is 419. The van der Waals surface area contributed by atoms with Gasteiger partial charge in [-0.25, -0.2) is 22.3 Å². The molecule has 0 aromatic rings. The van der Waals surface area contributed by atoms with E-state index < -0.39 is 0 Å². The van der Waals surface area contributed by atoms with Crippen molar-refractivity contribution in [3.05, 3.63) is 46.6 Å². The second kappa shape index (κ2) is 20.4. The van der Waals surface area contributed by atoms with Crippen LogP contribution in [0.5, 0.6) is 0 Å². The maximum atomic E-state index is 3.36. The van der Waals surface area contributed by atoms with E-state index in [0.29, 0.717) is 0 Å². The number of hydrogen-bond acceptors (Lipinski definition) is 0. The van der Waals surface area contributed by atoms with Gasteiger partial charge in [0.15, 0.2) is 0 Å². The van der Waals surface area contributed by atoms with Gasteiger partial charge in [-0.3, -0.25) is 12.2 Å². The number of allylic oxidation sites excluding steroid dienone is 8. The molecule has 0 aromatic carbocycles. The summed E-state index contributed by atoms with van der Waals surface area (Å²) in [5.74, 6) is 1.54. The number of hydrogen-bond donors (Lipinski definition) is 0. The third-order valence-electron chi connectivity index (χ3n) is 3.62. The molecule has 0 bridgehead atoms. The first-order chi connectivity index (χ1) is 10.8. The summed E-state index contributed by atoms with van der Waals surface area (Å²) in [6.45, 7) is 17.8. The van der Waals surface area contributed by atoms with Crippen molar-refractivity contribution in [3.63, 3.8) is 0 Å². The van der Waals surface area contributed by atoms with Crippen LogP contribution < -0.4 is 24.8 Å². The molecule has 0 spiro atoms. The minimum Gasteiger partial charge on any atom is -1.00 e. The Morgan fingerprint density at radius 1 is 0.808 bits per heavy atom. The summed E-state index contributed by atoms with van der Waals surface area (Å²) in [6, 6.07) is 0. The maximum Gasteiger partial charge on any atom is 4.00 e. The summed E-state index contributed by atoms with van der Waals surface area (Å²) in [7, 11) is 0.750. The molecule has 1 radical (unpaired) electrons. The number of rotatable bonds is 4. The van der Waals surface area contributed by atoms with E-state index in [2.05, 4.69) is 78.9 Å². The first-order valence-electron chi connectivity index (χ1n) is 9.09. The van der Waals surface area contributed by atoms with Crippen LogP contribution >= 0.6 is 0 Å². The van der Waals surface area contributed by atoms with Crippen molar-refractivity contribution in [1.82, 2.24) is 0 Å². The maximum absolute atomic E-state index is 3.36. The summed E-state index contributed by atoms with van der Waals surface area (Å²) in [4.78, 5) is 0. The zero-order valence-corrected chi connectivity index (χ0v) is 23.1. The molecule has 147 valence electrons. The fourth-order valence-corrected chi connectivity index (χ4v) is 2.46. The van der Waals surface area contributed by atoms with Gasteiger partial charge in [0.25, 0.3) is 0 Å². The molecular weight excluding hydrogens is 454 g/mol. The van der Waals surface area contributed by atoms with Gasteiger partial charge in [-0.1, -0.05) is 53.6 Å². The van der Waals surface area contributed by atoms with Crippen molar-refractivity contribution in [2.45, 2.75) is 80.3 Å². The SMILES string of the molecule is CC1=CC[C-]=C1CC(C)C.CC1=CC[C-]=C1CC(C)C.C[SiH]C.[Cl-].[Cl-].[Zr+4]. The van der Waals surface area contributed by atoms with Gasteiger partial charge < -0.3 is 24.8 Å². The molecule has 0 atom stereocenters. The molecule has 0 N–H and O–H groups in total. The van der Waals surface area contributed by atoms with E-state index in [1.165, 1.54) is 35.1 Å². The summed E-state index contributed by atoms with van der Waals surface area (Å²) in [5.41, 5.74) is 5.76. The Balaban J connectivity index is -0.000000147. The molecule has 0 aliphatic heterocycles. The second-order valence-electron chi connectivity index (χ2n) is 7.27. The van der Waals surface area contributed by atoms with E-state index in [9.17, 15) is 0 Å². The summed E-state index contributed by atoms with van der Waals surface area (Å²) >= 11 is 0. The Morgan fingerprint density at radius 2 is 1.08 bits per heavy atom. The Kier molecular flexibility index (Phi) is 26.8. The molecule has 2 aliphatic rings. The van der Waals surface area contributed by atoms with Crippen LogP contribution in [0.1, 0.15) is 67.2 Å². The second-order valence-corrected chi connectivity index (χ2v) is 8.42. The average molecular weight is 492 g/mol. The van der Waals surface area contributed by atoms with Crippen molar-refractivity contribution in [2.75, 3.05) is 0 Å². The molecule has 0 aromatic heterocycles. The molecule has 0 saturated heterocycles. The Morgan fingerprint density at radius 3 is 1.23 bits per heavy atom. The van der Waals surface area contributed by atoms with E-state index >= 15 is 0 Å². The van der Waals surface area contributed by atoms with E-state index in [1.807, 2.05) is 0 Å². The van der Waals surface area contributed by atoms with Crippen molar-refractivity contribution in [3.8, 4) is 0 Å². The predicted octanol–water partition coefficient (Wildman–Crippen LogP) is 0.749. The topological polar surface area (TPSA) is 0 Å². The fourth-order valence-electron chi connectivity index (χ4n) is 2.46. The Hall–Kier alpha value is 0.640. The molecule has 0 saturated carbocycles. The molecule has 0 nitrogen and oxygen atoms in total. The van der Waals surface area contributed by atoms with Crippen molar-refractivity contribution in [2.24, 2.45) is 11.8 Å². The summed E-state index contributed by atoms with van der Waals surface area (Å²) in [6.07, 6.45) is 15.7. The van der Waals surface area contributed by atoms with E-state index in [0.717, 1.165) is 34.2 Å². The number of halogens is 2. The predicted molar refractivity (Wildman–Crippen MR) is 108 cm³/mol. The molecule has 0 heterocycles. The zero-order chi connectivity index (χ0) is 17.8. The average Bonchev–Trinajstić information content (AvgIpc) is 3.01. The molecule has 4 heteroatoms. The van der Waals surface area contributed by atoms with Crippen LogP contribution in [0.3, 0.4) is 0 Å². The molecule has 0 fully saturated rings. The third kappa shape index (κ3) is 16.8. The third-order valence-corrected chi connectivity index (χ3v) is 3.62. The van der Waals surface area contributed by atoms with Crippen LogP contribution in [0, 0.1) is 24.0 Å². The largest absolute Gasteiger partial charge is 4.00 e. The van der Waals surface area contributed by atoms with Gasteiger partial charge in [0.2, 0.25) is 0 Å². The monoisotopic (exact) mass is 489 g/mol. The fraction of sp³-hybridized carbons (Fsp3) is 0.636. The molecular formula is C22H37Cl2SiZr. The van der Waals surface area contributed by atoms with E-state index in [-0.39, 0.29) is 51.0 Å². The normalized spacial score (nSPS) is 14.2.